The van der Waals surface area contributed by atoms with Crippen LogP contribution in [0.15, 0.2) is 52.5 Å². The van der Waals surface area contributed by atoms with Crippen molar-refractivity contribution in [1.82, 2.24) is 5.43 Å². The Bertz CT molecular complexity index is 753. The van der Waals surface area contributed by atoms with Gasteiger partial charge in [-0.25, -0.2) is 9.82 Å². The number of hydrogen-bond acceptors (Lipinski definition) is 4. The van der Waals surface area contributed by atoms with Crippen molar-refractivity contribution in [2.45, 2.75) is 11.8 Å². The molecule has 0 fully saturated rings. The number of hydrazone groups is 1. The molecule has 7 heteroatoms. The van der Waals surface area contributed by atoms with Crippen LogP contribution in [0.4, 0.5) is 4.39 Å². The number of amides is 1. The van der Waals surface area contributed by atoms with Gasteiger partial charge < -0.3 is 5.11 Å². The number of hydrogen-bond donors (Lipinski definition) is 2. The van der Waals surface area contributed by atoms with Crippen molar-refractivity contribution in [2.24, 2.45) is 5.10 Å². The van der Waals surface area contributed by atoms with E-state index in [2.05, 4.69) is 10.5 Å². The van der Waals surface area contributed by atoms with Gasteiger partial charge in [-0.1, -0.05) is 23.7 Å². The van der Waals surface area contributed by atoms with E-state index in [1.807, 2.05) is 0 Å². The lowest BCUT2D eigenvalue weighted by Gasteiger charge is -2.06. The van der Waals surface area contributed by atoms with Crippen LogP contribution < -0.4 is 5.43 Å². The fourth-order valence-electron chi connectivity index (χ4n) is 1.74. The van der Waals surface area contributed by atoms with Crippen LogP contribution in [0.3, 0.4) is 0 Å². The first-order valence-electron chi connectivity index (χ1n) is 6.66. The summed E-state index contributed by atoms with van der Waals surface area (Å²) < 4.78 is 13.4. The predicted molar refractivity (Wildman–Crippen MR) is 90.6 cm³/mol. The third kappa shape index (κ3) is 4.97. The average Bonchev–Trinajstić information content (AvgIpc) is 2.54. The van der Waals surface area contributed by atoms with Crippen LogP contribution in [0.5, 0.6) is 5.75 Å². The number of nitrogens with one attached hydrogen (secondary N) is 1. The van der Waals surface area contributed by atoms with E-state index in [1.165, 1.54) is 12.1 Å². The zero-order valence-corrected chi connectivity index (χ0v) is 13.8. The summed E-state index contributed by atoms with van der Waals surface area (Å²) in [5.41, 5.74) is 3.21. The monoisotopic (exact) mass is 352 g/mol. The Morgan fingerprint density at radius 2 is 2.09 bits per heavy atom. The number of carbonyl (C=O) groups excluding carboxylic acids is 1. The maximum Gasteiger partial charge on any atom is 0.250 e. The maximum atomic E-state index is 13.4. The van der Waals surface area contributed by atoms with Gasteiger partial charge in [-0.3, -0.25) is 4.79 Å². The lowest BCUT2D eigenvalue weighted by atomic mass is 10.1. The molecule has 0 spiro atoms. The highest BCUT2D eigenvalue weighted by atomic mass is 35.5. The lowest BCUT2D eigenvalue weighted by Crippen LogP contribution is -2.21. The molecule has 0 bridgehead atoms. The number of benzene rings is 2. The molecule has 0 saturated heterocycles. The third-order valence-corrected chi connectivity index (χ3v) is 4.18. The second-order valence-corrected chi connectivity index (χ2v) is 6.07. The first kappa shape index (κ1) is 17.3. The van der Waals surface area contributed by atoms with Crippen molar-refractivity contribution in [3.63, 3.8) is 0 Å². The number of nitrogens with zero attached hydrogens (tertiary/aromatic N) is 1. The molecule has 23 heavy (non-hydrogen) atoms. The second-order valence-electron chi connectivity index (χ2n) is 4.61. The maximum absolute atomic E-state index is 13.4. The molecule has 120 valence electrons. The predicted octanol–water partition coefficient (Wildman–Crippen LogP) is 3.82. The zero-order chi connectivity index (χ0) is 16.8. The highest BCUT2D eigenvalue weighted by Gasteiger charge is 2.08. The summed E-state index contributed by atoms with van der Waals surface area (Å²) >= 11 is 6.95. The van der Waals surface area contributed by atoms with Crippen LogP contribution in [0.25, 0.3) is 0 Å². The molecule has 0 radical (unpaired) electrons. The number of carbonyl (C=O) groups is 1. The Kier molecular flexibility index (Phi) is 6.01. The Morgan fingerprint density at radius 1 is 1.35 bits per heavy atom. The van der Waals surface area contributed by atoms with Crippen molar-refractivity contribution in [3.05, 3.63) is 58.9 Å². The molecule has 1 amide bonds. The fourth-order valence-corrected chi connectivity index (χ4v) is 2.65. The van der Waals surface area contributed by atoms with Gasteiger partial charge >= 0.3 is 0 Å². The quantitative estimate of drug-likeness (QED) is 0.488. The fraction of sp³-hybridized carbons (Fsp3) is 0.125. The summed E-state index contributed by atoms with van der Waals surface area (Å²) in [4.78, 5) is 12.2. The van der Waals surface area contributed by atoms with E-state index in [4.69, 9.17) is 11.6 Å². The summed E-state index contributed by atoms with van der Waals surface area (Å²) in [7, 11) is 0. The third-order valence-electron chi connectivity index (χ3n) is 2.89. The summed E-state index contributed by atoms with van der Waals surface area (Å²) in [6.45, 7) is 1.63. The molecule has 0 atom stereocenters. The number of thioether (sulfide) groups is 1. The minimum absolute atomic E-state index is 0.0191. The summed E-state index contributed by atoms with van der Waals surface area (Å²) in [5.74, 6) is -0.697. The van der Waals surface area contributed by atoms with Gasteiger partial charge in [0.05, 0.1) is 11.5 Å². The van der Waals surface area contributed by atoms with Crippen LogP contribution in [0.1, 0.15) is 12.5 Å². The summed E-state index contributed by atoms with van der Waals surface area (Å²) in [6, 6.07) is 10.8. The molecule has 2 N–H and O–H groups in total. The minimum Gasteiger partial charge on any atom is -0.507 e. The van der Waals surface area contributed by atoms with Crippen LogP contribution in [-0.4, -0.2) is 22.5 Å². The molecule has 4 nitrogen and oxygen atoms in total. The molecule has 0 aromatic heterocycles. The van der Waals surface area contributed by atoms with E-state index in [0.717, 1.165) is 11.8 Å². The Morgan fingerprint density at radius 3 is 2.83 bits per heavy atom. The van der Waals surface area contributed by atoms with Crippen LogP contribution in [0, 0.1) is 5.82 Å². The van der Waals surface area contributed by atoms with Crippen molar-refractivity contribution < 1.29 is 14.3 Å². The van der Waals surface area contributed by atoms with Crippen LogP contribution in [0.2, 0.25) is 5.02 Å². The van der Waals surface area contributed by atoms with Gasteiger partial charge in [0.1, 0.15) is 11.6 Å². The zero-order valence-electron chi connectivity index (χ0n) is 12.2. The van der Waals surface area contributed by atoms with E-state index >= 15 is 0 Å². The minimum atomic E-state index is -0.376. The Labute approximate surface area is 142 Å². The van der Waals surface area contributed by atoms with Gasteiger partial charge in [-0.15, -0.1) is 11.8 Å². The molecule has 0 aliphatic heterocycles. The van der Waals surface area contributed by atoms with Gasteiger partial charge in [0.25, 0.3) is 0 Å². The first-order valence-corrected chi connectivity index (χ1v) is 8.03. The largest absolute Gasteiger partial charge is 0.507 e. The molecule has 0 heterocycles. The molecule has 0 unspecified atom stereocenters. The Balaban J connectivity index is 1.95. The summed E-state index contributed by atoms with van der Waals surface area (Å²) in [6.07, 6.45) is 0. The SMILES string of the molecule is C/C(=N\NC(=O)CSc1ccccc1F)c1cc(Cl)ccc1O. The average molecular weight is 353 g/mol. The lowest BCUT2D eigenvalue weighted by molar-refractivity contribution is -0.118. The number of phenols is 1. The molecule has 0 saturated carbocycles. The van der Waals surface area contributed by atoms with E-state index in [9.17, 15) is 14.3 Å². The number of aromatic hydroxyl groups is 1. The molecule has 0 aliphatic carbocycles. The highest BCUT2D eigenvalue weighted by molar-refractivity contribution is 8.00. The van der Waals surface area contributed by atoms with Crippen molar-refractivity contribution in [2.75, 3.05) is 5.75 Å². The molecular weight excluding hydrogens is 339 g/mol. The van der Waals surface area contributed by atoms with Crippen molar-refractivity contribution in [1.29, 1.82) is 0 Å². The van der Waals surface area contributed by atoms with Crippen LogP contribution >= 0.6 is 23.4 Å². The first-order chi connectivity index (χ1) is 11.0. The van der Waals surface area contributed by atoms with E-state index in [1.54, 1.807) is 37.3 Å². The summed E-state index contributed by atoms with van der Waals surface area (Å²) in [5, 5.41) is 14.1. The second kappa shape index (κ2) is 7.99. The molecule has 2 aromatic carbocycles. The van der Waals surface area contributed by atoms with E-state index in [-0.39, 0.29) is 23.2 Å². The molecule has 2 aromatic rings. The van der Waals surface area contributed by atoms with Gasteiger partial charge in [0, 0.05) is 15.5 Å². The van der Waals surface area contributed by atoms with E-state index in [0.29, 0.717) is 21.2 Å². The standard InChI is InChI=1S/C16H14ClFN2O2S/c1-10(12-8-11(17)6-7-14(12)21)19-20-16(22)9-23-15-5-3-2-4-13(15)18/h2-8,21H,9H2,1H3,(H,20,22)/b19-10+. The highest BCUT2D eigenvalue weighted by Crippen LogP contribution is 2.22. The Hall–Kier alpha value is -2.05. The van der Waals surface area contributed by atoms with Crippen molar-refractivity contribution in [3.8, 4) is 5.75 Å². The number of phenolic OH excluding ortho intramolecular Hbond substituents is 1. The van der Waals surface area contributed by atoms with Gasteiger partial charge in [-0.05, 0) is 37.3 Å². The van der Waals surface area contributed by atoms with E-state index < -0.39 is 0 Å². The smallest absolute Gasteiger partial charge is 0.250 e. The van der Waals surface area contributed by atoms with Gasteiger partial charge in [0.15, 0.2) is 0 Å². The topological polar surface area (TPSA) is 61.7 Å². The van der Waals surface area contributed by atoms with Crippen molar-refractivity contribution >= 4 is 35.0 Å². The number of halogens is 2. The van der Waals surface area contributed by atoms with Crippen LogP contribution in [-0.2, 0) is 4.79 Å². The van der Waals surface area contributed by atoms with Gasteiger partial charge in [0.2, 0.25) is 5.91 Å². The normalized spacial score (nSPS) is 11.3. The van der Waals surface area contributed by atoms with Gasteiger partial charge in [-0.2, -0.15) is 5.10 Å². The molecule has 2 rings (SSSR count). The molecular formula is C16H14ClFN2O2S. The molecule has 0 aliphatic rings. The number of rotatable bonds is 5.